The first kappa shape index (κ1) is 16.8. The Morgan fingerprint density at radius 3 is 2.32 bits per heavy atom. The number of hydrogen-bond acceptors (Lipinski definition) is 2. The highest BCUT2D eigenvalue weighted by Gasteiger charge is 2.33. The van der Waals surface area contributed by atoms with Crippen LogP contribution in [0, 0.1) is 11.8 Å². The van der Waals surface area contributed by atoms with Crippen LogP contribution < -0.4 is 5.32 Å². The van der Waals surface area contributed by atoms with Gasteiger partial charge in [-0.25, -0.2) is 0 Å². The summed E-state index contributed by atoms with van der Waals surface area (Å²) in [5, 5.41) is 3.48. The van der Waals surface area contributed by atoms with E-state index in [2.05, 4.69) is 33.0 Å². The molecule has 0 bridgehead atoms. The van der Waals surface area contributed by atoms with Gasteiger partial charge in [-0.05, 0) is 18.3 Å². The van der Waals surface area contributed by atoms with Crippen LogP contribution in [0.4, 0.5) is 13.2 Å². The van der Waals surface area contributed by atoms with Crippen molar-refractivity contribution in [2.45, 2.75) is 58.8 Å². The molecule has 2 nitrogen and oxygen atoms in total. The maximum atomic E-state index is 12.4. The minimum atomic E-state index is -4.05. The molecule has 114 valence electrons. The van der Waals surface area contributed by atoms with Crippen molar-refractivity contribution >= 4 is 0 Å². The summed E-state index contributed by atoms with van der Waals surface area (Å²) in [4.78, 5) is 2.04. The quantitative estimate of drug-likeness (QED) is 0.831. The van der Waals surface area contributed by atoms with Crippen molar-refractivity contribution in [2.24, 2.45) is 11.8 Å². The van der Waals surface area contributed by atoms with Crippen LogP contribution in [0.1, 0.15) is 40.5 Å². The summed E-state index contributed by atoms with van der Waals surface area (Å²) in [6, 6.07) is 0.536. The molecule has 0 aromatic carbocycles. The monoisotopic (exact) mass is 280 g/mol. The number of rotatable bonds is 5. The molecule has 0 amide bonds. The topological polar surface area (TPSA) is 15.3 Å². The van der Waals surface area contributed by atoms with Crippen molar-refractivity contribution in [1.82, 2.24) is 10.2 Å². The fourth-order valence-corrected chi connectivity index (χ4v) is 2.65. The third-order valence-electron chi connectivity index (χ3n) is 3.79. The Morgan fingerprint density at radius 1 is 1.21 bits per heavy atom. The van der Waals surface area contributed by atoms with Crippen LogP contribution >= 0.6 is 0 Å². The average molecular weight is 280 g/mol. The molecule has 1 rings (SSSR count). The molecule has 0 aromatic heterocycles. The molecular formula is C14H27F3N2. The summed E-state index contributed by atoms with van der Waals surface area (Å²) >= 11 is 0. The van der Waals surface area contributed by atoms with E-state index in [1.54, 1.807) is 0 Å². The van der Waals surface area contributed by atoms with Crippen molar-refractivity contribution in [3.63, 3.8) is 0 Å². The molecular weight excluding hydrogens is 253 g/mol. The van der Waals surface area contributed by atoms with Gasteiger partial charge >= 0.3 is 6.18 Å². The molecule has 1 aliphatic rings. The number of alkyl halides is 3. The van der Waals surface area contributed by atoms with Gasteiger partial charge in [-0.3, -0.25) is 4.90 Å². The Balaban J connectivity index is 2.60. The van der Waals surface area contributed by atoms with E-state index in [0.717, 1.165) is 19.5 Å². The van der Waals surface area contributed by atoms with Gasteiger partial charge in [0.25, 0.3) is 0 Å². The van der Waals surface area contributed by atoms with Crippen LogP contribution in [-0.4, -0.2) is 42.8 Å². The Morgan fingerprint density at radius 2 is 1.84 bits per heavy atom. The molecule has 2 atom stereocenters. The maximum Gasteiger partial charge on any atom is 0.390 e. The average Bonchev–Trinajstić information content (AvgIpc) is 2.25. The number of halogens is 3. The lowest BCUT2D eigenvalue weighted by Gasteiger charge is -2.42. The molecule has 1 fully saturated rings. The van der Waals surface area contributed by atoms with Gasteiger partial charge in [-0.2, -0.15) is 13.2 Å². The van der Waals surface area contributed by atoms with Crippen LogP contribution in [-0.2, 0) is 0 Å². The zero-order chi connectivity index (χ0) is 14.6. The fourth-order valence-electron chi connectivity index (χ4n) is 2.65. The van der Waals surface area contributed by atoms with Gasteiger partial charge in [0, 0.05) is 31.7 Å². The first-order valence-corrected chi connectivity index (χ1v) is 7.23. The standard InChI is InChI=1S/C14H27F3N2/c1-10(2)7-12-8-18-13(11(3)4)9-19(12)6-5-14(15,16)17/h10-13,18H,5-9H2,1-4H3. The molecule has 0 aromatic rings. The first-order chi connectivity index (χ1) is 8.69. The third kappa shape index (κ3) is 6.13. The zero-order valence-corrected chi connectivity index (χ0v) is 12.4. The van der Waals surface area contributed by atoms with Crippen molar-refractivity contribution in [3.05, 3.63) is 0 Å². The lowest BCUT2D eigenvalue weighted by Crippen LogP contribution is -2.58. The molecule has 0 aliphatic carbocycles. The molecule has 1 N–H and O–H groups in total. The molecule has 5 heteroatoms. The Kier molecular flexibility index (Phi) is 6.12. The highest BCUT2D eigenvalue weighted by atomic mass is 19.4. The van der Waals surface area contributed by atoms with Gasteiger partial charge in [-0.1, -0.05) is 27.7 Å². The smallest absolute Gasteiger partial charge is 0.311 e. The number of nitrogens with one attached hydrogen (secondary N) is 1. The largest absolute Gasteiger partial charge is 0.390 e. The predicted octanol–water partition coefficient (Wildman–Crippen LogP) is 3.28. The molecule has 1 saturated heterocycles. The van der Waals surface area contributed by atoms with Crippen LogP contribution in [0.15, 0.2) is 0 Å². The lowest BCUT2D eigenvalue weighted by molar-refractivity contribution is -0.140. The van der Waals surface area contributed by atoms with Gasteiger partial charge in [-0.15, -0.1) is 0 Å². The van der Waals surface area contributed by atoms with Gasteiger partial charge in [0.2, 0.25) is 0 Å². The van der Waals surface area contributed by atoms with Crippen LogP contribution in [0.2, 0.25) is 0 Å². The summed E-state index contributed by atoms with van der Waals surface area (Å²) in [6.45, 7) is 10.1. The zero-order valence-electron chi connectivity index (χ0n) is 12.4. The highest BCUT2D eigenvalue weighted by Crippen LogP contribution is 2.23. The summed E-state index contributed by atoms with van der Waals surface area (Å²) in [6.07, 6.45) is -3.80. The first-order valence-electron chi connectivity index (χ1n) is 7.23. The van der Waals surface area contributed by atoms with Gasteiger partial charge in [0.15, 0.2) is 0 Å². The Hall–Kier alpha value is -0.290. The summed E-state index contributed by atoms with van der Waals surface area (Å²) < 4.78 is 37.2. The maximum absolute atomic E-state index is 12.4. The van der Waals surface area contributed by atoms with E-state index in [1.807, 2.05) is 4.90 Å². The number of piperazine rings is 1. The molecule has 1 heterocycles. The molecule has 0 radical (unpaired) electrons. The predicted molar refractivity (Wildman–Crippen MR) is 72.1 cm³/mol. The Bertz CT molecular complexity index is 264. The van der Waals surface area contributed by atoms with E-state index in [4.69, 9.17) is 0 Å². The second-order valence-corrected chi connectivity index (χ2v) is 6.40. The molecule has 1 aliphatic heterocycles. The molecule has 19 heavy (non-hydrogen) atoms. The second-order valence-electron chi connectivity index (χ2n) is 6.40. The minimum absolute atomic E-state index is 0.131. The minimum Gasteiger partial charge on any atom is -0.311 e. The van der Waals surface area contributed by atoms with E-state index < -0.39 is 12.6 Å². The van der Waals surface area contributed by atoms with Gasteiger partial charge < -0.3 is 5.32 Å². The Labute approximate surface area is 114 Å². The second kappa shape index (κ2) is 6.93. The van der Waals surface area contributed by atoms with E-state index in [1.165, 1.54) is 0 Å². The summed E-state index contributed by atoms with van der Waals surface area (Å²) in [5.74, 6) is 0.962. The van der Waals surface area contributed by atoms with E-state index in [0.29, 0.717) is 17.9 Å². The molecule has 2 unspecified atom stereocenters. The summed E-state index contributed by atoms with van der Waals surface area (Å²) in [7, 11) is 0. The van der Waals surface area contributed by atoms with Gasteiger partial charge in [0.05, 0.1) is 6.42 Å². The highest BCUT2D eigenvalue weighted by molar-refractivity contribution is 4.88. The third-order valence-corrected chi connectivity index (χ3v) is 3.79. The van der Waals surface area contributed by atoms with E-state index >= 15 is 0 Å². The number of hydrogen-bond donors (Lipinski definition) is 1. The lowest BCUT2D eigenvalue weighted by atomic mass is 9.95. The van der Waals surface area contributed by atoms with E-state index in [9.17, 15) is 13.2 Å². The number of nitrogens with zero attached hydrogens (tertiary/aromatic N) is 1. The van der Waals surface area contributed by atoms with Crippen molar-refractivity contribution in [1.29, 1.82) is 0 Å². The van der Waals surface area contributed by atoms with Crippen LogP contribution in [0.25, 0.3) is 0 Å². The van der Waals surface area contributed by atoms with Gasteiger partial charge in [0.1, 0.15) is 0 Å². The van der Waals surface area contributed by atoms with E-state index in [-0.39, 0.29) is 12.6 Å². The fraction of sp³-hybridized carbons (Fsp3) is 1.00. The van der Waals surface area contributed by atoms with Crippen molar-refractivity contribution < 1.29 is 13.2 Å². The molecule has 0 saturated carbocycles. The normalized spacial score (nSPS) is 26.4. The van der Waals surface area contributed by atoms with Crippen LogP contribution in [0.5, 0.6) is 0 Å². The molecule has 0 spiro atoms. The van der Waals surface area contributed by atoms with Crippen molar-refractivity contribution in [2.75, 3.05) is 19.6 Å². The van der Waals surface area contributed by atoms with Crippen molar-refractivity contribution in [3.8, 4) is 0 Å². The summed E-state index contributed by atoms with van der Waals surface area (Å²) in [5.41, 5.74) is 0. The SMILES string of the molecule is CC(C)CC1CNC(C(C)C)CN1CCC(F)(F)F. The van der Waals surface area contributed by atoms with Crippen LogP contribution in [0.3, 0.4) is 0 Å².